The van der Waals surface area contributed by atoms with E-state index in [-0.39, 0.29) is 6.61 Å². The number of aliphatic hydroxyl groups excluding tert-OH is 2. The van der Waals surface area contributed by atoms with E-state index in [1.54, 1.807) is 0 Å². The Bertz CT molecular complexity index is 516. The quantitative estimate of drug-likeness (QED) is 0.625. The molecule has 1 aliphatic rings. The van der Waals surface area contributed by atoms with Crippen LogP contribution < -0.4 is 11.2 Å². The number of rotatable bonds is 2. The number of aliphatic hydroxyl groups is 2. The second-order valence-corrected chi connectivity index (χ2v) is 5.06. The third kappa shape index (κ3) is 2.15. The van der Waals surface area contributed by atoms with E-state index >= 15 is 0 Å². The standard InChI is InChI=1S/C9H11FN2O4S/c10-6-7(15)4(3-13)17-8(6)12-2-1-5(14)11-9(12)16/h1-2,4,6-8,13,15H,3H2,(H,11,14,16)/t4-,6-,7-,8?/m1/s1. The van der Waals surface area contributed by atoms with Crippen molar-refractivity contribution in [3.05, 3.63) is 33.1 Å². The van der Waals surface area contributed by atoms with Crippen LogP contribution in [0.15, 0.2) is 21.9 Å². The molecule has 1 saturated heterocycles. The first-order valence-corrected chi connectivity index (χ1v) is 5.89. The first kappa shape index (κ1) is 12.3. The normalized spacial score (nSPS) is 32.9. The fraction of sp³-hybridized carbons (Fsp3) is 0.556. The molecule has 4 atom stereocenters. The minimum absolute atomic E-state index is 0.374. The number of nitrogens with one attached hydrogen (secondary N) is 1. The van der Waals surface area contributed by atoms with Crippen LogP contribution in [0.2, 0.25) is 0 Å². The van der Waals surface area contributed by atoms with Crippen molar-refractivity contribution < 1.29 is 14.6 Å². The number of nitrogens with zero attached hydrogens (tertiary/aromatic N) is 1. The predicted octanol–water partition coefficient (Wildman–Crippen LogP) is -1.16. The van der Waals surface area contributed by atoms with Crippen molar-refractivity contribution in [3.8, 4) is 0 Å². The monoisotopic (exact) mass is 262 g/mol. The molecule has 8 heteroatoms. The summed E-state index contributed by atoms with van der Waals surface area (Å²) >= 11 is 0.966. The van der Waals surface area contributed by atoms with Crippen molar-refractivity contribution in [1.29, 1.82) is 0 Å². The molecule has 0 aromatic carbocycles. The Hall–Kier alpha value is -1.12. The summed E-state index contributed by atoms with van der Waals surface area (Å²) in [6, 6.07) is 1.10. The van der Waals surface area contributed by atoms with E-state index in [0.29, 0.717) is 0 Å². The van der Waals surface area contributed by atoms with E-state index in [0.717, 1.165) is 22.4 Å². The maximum absolute atomic E-state index is 13.8. The second kappa shape index (κ2) is 4.63. The topological polar surface area (TPSA) is 95.3 Å². The average Bonchev–Trinajstić information content (AvgIpc) is 2.57. The smallest absolute Gasteiger partial charge is 0.329 e. The molecular formula is C9H11FN2O4S. The fourth-order valence-corrected chi connectivity index (χ4v) is 3.07. The Labute approximate surface area is 99.1 Å². The molecule has 1 aliphatic heterocycles. The van der Waals surface area contributed by atoms with Crippen LogP contribution in [0.3, 0.4) is 0 Å². The molecule has 1 fully saturated rings. The van der Waals surface area contributed by atoms with Gasteiger partial charge in [0.1, 0.15) is 11.5 Å². The van der Waals surface area contributed by atoms with Gasteiger partial charge in [0.25, 0.3) is 5.56 Å². The third-order valence-corrected chi connectivity index (χ3v) is 4.14. The van der Waals surface area contributed by atoms with Gasteiger partial charge in [-0.25, -0.2) is 9.18 Å². The van der Waals surface area contributed by atoms with Gasteiger partial charge in [-0.2, -0.15) is 0 Å². The van der Waals surface area contributed by atoms with Gasteiger partial charge in [0.05, 0.1) is 11.9 Å². The summed E-state index contributed by atoms with van der Waals surface area (Å²) in [7, 11) is 0. The highest BCUT2D eigenvalue weighted by molar-refractivity contribution is 8.00. The van der Waals surface area contributed by atoms with Crippen molar-refractivity contribution in [3.63, 3.8) is 0 Å². The number of aromatic nitrogens is 2. The van der Waals surface area contributed by atoms with Gasteiger partial charge in [0, 0.05) is 12.3 Å². The lowest BCUT2D eigenvalue weighted by molar-refractivity contribution is 0.0631. The van der Waals surface area contributed by atoms with E-state index in [4.69, 9.17) is 5.11 Å². The highest BCUT2D eigenvalue weighted by Gasteiger charge is 2.44. The highest BCUT2D eigenvalue weighted by atomic mass is 32.2. The highest BCUT2D eigenvalue weighted by Crippen LogP contribution is 2.42. The van der Waals surface area contributed by atoms with Gasteiger partial charge in [0.15, 0.2) is 6.17 Å². The summed E-state index contributed by atoms with van der Waals surface area (Å²) < 4.78 is 14.8. The lowest BCUT2D eigenvalue weighted by Crippen LogP contribution is -2.35. The Kier molecular flexibility index (Phi) is 3.36. The number of halogens is 1. The van der Waals surface area contributed by atoms with E-state index in [1.807, 2.05) is 4.98 Å². The molecule has 0 bridgehead atoms. The van der Waals surface area contributed by atoms with E-state index in [9.17, 15) is 19.1 Å². The molecule has 0 radical (unpaired) electrons. The third-order valence-electron chi connectivity index (χ3n) is 2.60. The molecule has 0 saturated carbocycles. The minimum atomic E-state index is -1.67. The first-order chi connectivity index (χ1) is 8.04. The van der Waals surface area contributed by atoms with Crippen molar-refractivity contribution in [2.24, 2.45) is 0 Å². The van der Waals surface area contributed by atoms with Crippen LogP contribution in [0, 0.1) is 0 Å². The van der Waals surface area contributed by atoms with Crippen LogP contribution in [0.1, 0.15) is 5.37 Å². The number of hydrogen-bond donors (Lipinski definition) is 3. The summed E-state index contributed by atoms with van der Waals surface area (Å²) in [5, 5.41) is 16.8. The Morgan fingerprint density at radius 2 is 2.24 bits per heavy atom. The zero-order valence-electron chi connectivity index (χ0n) is 8.62. The van der Waals surface area contributed by atoms with Gasteiger partial charge in [-0.3, -0.25) is 14.3 Å². The zero-order valence-corrected chi connectivity index (χ0v) is 9.43. The lowest BCUT2D eigenvalue weighted by atomic mass is 10.1. The van der Waals surface area contributed by atoms with E-state index in [2.05, 4.69) is 0 Å². The number of aromatic amines is 1. The summed E-state index contributed by atoms with van der Waals surface area (Å²) in [6.07, 6.45) is -1.81. The van der Waals surface area contributed by atoms with Crippen LogP contribution in [0.5, 0.6) is 0 Å². The van der Waals surface area contributed by atoms with Gasteiger partial charge in [-0.05, 0) is 0 Å². The molecule has 1 aromatic heterocycles. The number of thioether (sulfide) groups is 1. The number of alkyl halides is 1. The molecule has 2 heterocycles. The molecule has 2 rings (SSSR count). The van der Waals surface area contributed by atoms with E-state index < -0.39 is 34.1 Å². The summed E-state index contributed by atoms with van der Waals surface area (Å²) in [5.74, 6) is 0. The van der Waals surface area contributed by atoms with Crippen molar-refractivity contribution in [2.75, 3.05) is 6.61 Å². The number of H-pyrrole nitrogens is 1. The van der Waals surface area contributed by atoms with Gasteiger partial charge in [-0.1, -0.05) is 0 Å². The van der Waals surface area contributed by atoms with Crippen LogP contribution in [0.25, 0.3) is 0 Å². The lowest BCUT2D eigenvalue weighted by Gasteiger charge is -2.15. The molecule has 1 aromatic rings. The van der Waals surface area contributed by atoms with Gasteiger partial charge < -0.3 is 10.2 Å². The van der Waals surface area contributed by atoms with Gasteiger partial charge >= 0.3 is 5.69 Å². The second-order valence-electron chi connectivity index (χ2n) is 3.70. The molecule has 0 spiro atoms. The van der Waals surface area contributed by atoms with Crippen molar-refractivity contribution in [1.82, 2.24) is 9.55 Å². The fourth-order valence-electron chi connectivity index (χ4n) is 1.71. The minimum Gasteiger partial charge on any atom is -0.395 e. The molecule has 0 amide bonds. The SMILES string of the molecule is O=c1ccn(C2S[C@H](CO)[C@@H](O)[C@H]2F)c(=O)[nH]1. The van der Waals surface area contributed by atoms with Crippen molar-refractivity contribution >= 4 is 11.8 Å². The molecule has 17 heavy (non-hydrogen) atoms. The van der Waals surface area contributed by atoms with Crippen LogP contribution in [0.4, 0.5) is 4.39 Å². The largest absolute Gasteiger partial charge is 0.395 e. The summed E-state index contributed by atoms with van der Waals surface area (Å²) in [5.41, 5.74) is -1.30. The van der Waals surface area contributed by atoms with Crippen LogP contribution >= 0.6 is 11.8 Å². The first-order valence-electron chi connectivity index (χ1n) is 4.94. The van der Waals surface area contributed by atoms with Gasteiger partial charge in [-0.15, -0.1) is 11.8 Å². The summed E-state index contributed by atoms with van der Waals surface area (Å²) in [4.78, 5) is 24.3. The Balaban J connectivity index is 2.35. The molecular weight excluding hydrogens is 251 g/mol. The predicted molar refractivity (Wildman–Crippen MR) is 59.7 cm³/mol. The van der Waals surface area contributed by atoms with E-state index in [1.165, 1.54) is 6.20 Å². The zero-order chi connectivity index (χ0) is 12.6. The molecule has 94 valence electrons. The average molecular weight is 262 g/mol. The van der Waals surface area contributed by atoms with Crippen LogP contribution in [-0.4, -0.2) is 43.9 Å². The Morgan fingerprint density at radius 3 is 2.76 bits per heavy atom. The number of hydrogen-bond acceptors (Lipinski definition) is 5. The maximum Gasteiger partial charge on any atom is 0.329 e. The van der Waals surface area contributed by atoms with Gasteiger partial charge in [0.2, 0.25) is 0 Å². The maximum atomic E-state index is 13.8. The van der Waals surface area contributed by atoms with Crippen molar-refractivity contribution in [2.45, 2.75) is 22.9 Å². The molecule has 1 unspecified atom stereocenters. The summed E-state index contributed by atoms with van der Waals surface area (Å²) in [6.45, 7) is -0.374. The Morgan fingerprint density at radius 1 is 1.53 bits per heavy atom. The molecule has 3 N–H and O–H groups in total. The molecule has 6 nitrogen and oxygen atoms in total. The van der Waals surface area contributed by atoms with Crippen LogP contribution in [-0.2, 0) is 0 Å². The molecule has 0 aliphatic carbocycles.